The molecule has 0 aliphatic carbocycles. The molecule has 0 bridgehead atoms. The van der Waals surface area contributed by atoms with Gasteiger partial charge in [-0.15, -0.1) is 0 Å². The lowest BCUT2D eigenvalue weighted by atomic mass is 10.1. The number of hydrogen-bond donors (Lipinski definition) is 1. The summed E-state index contributed by atoms with van der Waals surface area (Å²) in [6, 6.07) is 11.7. The summed E-state index contributed by atoms with van der Waals surface area (Å²) in [5.74, 6) is -0.0286. The Kier molecular flexibility index (Phi) is 8.16. The van der Waals surface area contributed by atoms with E-state index in [1.54, 1.807) is 31.2 Å². The Morgan fingerprint density at radius 2 is 1.77 bits per heavy atom. The van der Waals surface area contributed by atoms with Gasteiger partial charge in [0, 0.05) is 22.1 Å². The van der Waals surface area contributed by atoms with Crippen LogP contribution in [0.5, 0.6) is 5.75 Å². The molecule has 0 radical (unpaired) electrons. The fourth-order valence-electron chi connectivity index (χ4n) is 2.80. The molecule has 2 aromatic rings. The van der Waals surface area contributed by atoms with Gasteiger partial charge in [0.1, 0.15) is 11.8 Å². The molecule has 7 heteroatoms. The second-order valence-electron chi connectivity index (χ2n) is 8.23. The first-order chi connectivity index (χ1) is 14.0. The molecule has 162 valence electrons. The van der Waals surface area contributed by atoms with Crippen LogP contribution in [0.3, 0.4) is 0 Å². The Morgan fingerprint density at radius 1 is 1.10 bits per heavy atom. The van der Waals surface area contributed by atoms with Crippen molar-refractivity contribution < 1.29 is 14.3 Å². The van der Waals surface area contributed by atoms with Crippen LogP contribution < -0.4 is 10.1 Å². The third kappa shape index (κ3) is 6.92. The van der Waals surface area contributed by atoms with Crippen molar-refractivity contribution in [3.63, 3.8) is 0 Å². The number of aryl methyl sites for hydroxylation is 1. The van der Waals surface area contributed by atoms with Crippen molar-refractivity contribution in [1.29, 1.82) is 0 Å². The summed E-state index contributed by atoms with van der Waals surface area (Å²) in [6.07, 6.45) is 0. The van der Waals surface area contributed by atoms with Gasteiger partial charge in [-0.2, -0.15) is 0 Å². The van der Waals surface area contributed by atoms with Crippen molar-refractivity contribution in [2.45, 2.75) is 52.7 Å². The number of carbonyl (C=O) groups is 2. The van der Waals surface area contributed by atoms with E-state index in [4.69, 9.17) is 27.9 Å². The van der Waals surface area contributed by atoms with E-state index >= 15 is 0 Å². The number of halogens is 2. The Hall–Kier alpha value is -2.24. The van der Waals surface area contributed by atoms with Gasteiger partial charge >= 0.3 is 0 Å². The highest BCUT2D eigenvalue weighted by Crippen LogP contribution is 2.22. The standard InChI is InChI=1S/C23H28Cl2N2O3/c1-15-12-18(10-11-19(15)24)30-14-21(28)27(13-17-8-6-7-9-20(17)25)16(2)22(29)26-23(3,4)5/h6-12,16H,13-14H2,1-5H3,(H,26,29)/t16-/m1/s1. The molecular weight excluding hydrogens is 423 g/mol. The van der Waals surface area contributed by atoms with E-state index in [9.17, 15) is 9.59 Å². The maximum absolute atomic E-state index is 13.0. The summed E-state index contributed by atoms with van der Waals surface area (Å²) in [5.41, 5.74) is 1.19. The highest BCUT2D eigenvalue weighted by atomic mass is 35.5. The number of hydrogen-bond acceptors (Lipinski definition) is 3. The molecule has 0 aliphatic rings. The van der Waals surface area contributed by atoms with Crippen molar-refractivity contribution in [2.75, 3.05) is 6.61 Å². The quantitative estimate of drug-likeness (QED) is 0.644. The number of carbonyl (C=O) groups excluding carboxylic acids is 2. The van der Waals surface area contributed by atoms with E-state index in [0.717, 1.165) is 11.1 Å². The Morgan fingerprint density at radius 3 is 2.37 bits per heavy atom. The van der Waals surface area contributed by atoms with Gasteiger partial charge in [0.25, 0.3) is 5.91 Å². The molecule has 1 atom stereocenters. The second kappa shape index (κ2) is 10.2. The Balaban J connectivity index is 2.20. The van der Waals surface area contributed by atoms with Gasteiger partial charge in [0.2, 0.25) is 5.91 Å². The van der Waals surface area contributed by atoms with Gasteiger partial charge in [-0.05, 0) is 70.0 Å². The minimum atomic E-state index is -0.705. The van der Waals surface area contributed by atoms with Gasteiger partial charge in [-0.25, -0.2) is 0 Å². The molecule has 2 amide bonds. The summed E-state index contributed by atoms with van der Waals surface area (Å²) in [5, 5.41) is 4.08. The zero-order valence-electron chi connectivity index (χ0n) is 18.0. The van der Waals surface area contributed by atoms with E-state index in [-0.39, 0.29) is 25.0 Å². The largest absolute Gasteiger partial charge is 0.484 e. The summed E-state index contributed by atoms with van der Waals surface area (Å²) < 4.78 is 5.67. The molecule has 0 spiro atoms. The topological polar surface area (TPSA) is 58.6 Å². The highest BCUT2D eigenvalue weighted by molar-refractivity contribution is 6.31. The van der Waals surface area contributed by atoms with Crippen LogP contribution in [0.4, 0.5) is 0 Å². The van der Waals surface area contributed by atoms with Crippen LogP contribution in [-0.2, 0) is 16.1 Å². The summed E-state index contributed by atoms with van der Waals surface area (Å²) in [4.78, 5) is 27.3. The zero-order chi connectivity index (χ0) is 22.5. The lowest BCUT2D eigenvalue weighted by Gasteiger charge is -2.31. The number of nitrogens with zero attached hydrogens (tertiary/aromatic N) is 1. The van der Waals surface area contributed by atoms with Crippen LogP contribution in [0.25, 0.3) is 0 Å². The minimum absolute atomic E-state index is 0.195. The average Bonchev–Trinajstić information content (AvgIpc) is 2.66. The molecule has 30 heavy (non-hydrogen) atoms. The van der Waals surface area contributed by atoms with Crippen LogP contribution in [0, 0.1) is 6.92 Å². The number of rotatable bonds is 7. The van der Waals surface area contributed by atoms with Gasteiger partial charge in [0.05, 0.1) is 0 Å². The smallest absolute Gasteiger partial charge is 0.261 e. The van der Waals surface area contributed by atoms with E-state index in [1.165, 1.54) is 4.90 Å². The second-order valence-corrected chi connectivity index (χ2v) is 9.04. The molecule has 0 unspecified atom stereocenters. The zero-order valence-corrected chi connectivity index (χ0v) is 19.5. The summed E-state index contributed by atoms with van der Waals surface area (Å²) in [7, 11) is 0. The van der Waals surface area contributed by atoms with E-state index < -0.39 is 11.6 Å². The molecule has 0 fully saturated rings. The first kappa shape index (κ1) is 24.0. The predicted octanol–water partition coefficient (Wildman–Crippen LogP) is 5.01. The number of nitrogens with one attached hydrogen (secondary N) is 1. The van der Waals surface area contributed by atoms with Gasteiger partial charge in [-0.1, -0.05) is 41.4 Å². The number of ether oxygens (including phenoxy) is 1. The Labute approximate surface area is 188 Å². The molecule has 0 saturated heterocycles. The SMILES string of the molecule is Cc1cc(OCC(=O)N(Cc2ccccc2Cl)[C@H](C)C(=O)NC(C)(C)C)ccc1Cl. The van der Waals surface area contributed by atoms with Gasteiger partial charge < -0.3 is 15.0 Å². The van der Waals surface area contributed by atoms with E-state index in [1.807, 2.05) is 45.9 Å². The van der Waals surface area contributed by atoms with Crippen molar-refractivity contribution in [3.05, 3.63) is 63.6 Å². The third-order valence-corrected chi connectivity index (χ3v) is 5.25. The summed E-state index contributed by atoms with van der Waals surface area (Å²) in [6.45, 7) is 9.22. The number of amides is 2. The van der Waals surface area contributed by atoms with Crippen molar-refractivity contribution in [2.24, 2.45) is 0 Å². The van der Waals surface area contributed by atoms with Crippen LogP contribution in [-0.4, -0.2) is 34.9 Å². The maximum Gasteiger partial charge on any atom is 0.261 e. The molecule has 0 aliphatic heterocycles. The lowest BCUT2D eigenvalue weighted by Crippen LogP contribution is -2.53. The van der Waals surface area contributed by atoms with Crippen LogP contribution in [0.1, 0.15) is 38.8 Å². The summed E-state index contributed by atoms with van der Waals surface area (Å²) >= 11 is 12.3. The van der Waals surface area contributed by atoms with Crippen molar-refractivity contribution in [3.8, 4) is 5.75 Å². The van der Waals surface area contributed by atoms with Crippen molar-refractivity contribution in [1.82, 2.24) is 10.2 Å². The molecular formula is C23H28Cl2N2O3. The minimum Gasteiger partial charge on any atom is -0.484 e. The normalized spacial score (nSPS) is 12.2. The monoisotopic (exact) mass is 450 g/mol. The third-order valence-electron chi connectivity index (χ3n) is 4.46. The molecule has 0 heterocycles. The molecule has 2 aromatic carbocycles. The fraction of sp³-hybridized carbons (Fsp3) is 0.391. The van der Waals surface area contributed by atoms with Crippen molar-refractivity contribution >= 4 is 35.0 Å². The lowest BCUT2D eigenvalue weighted by molar-refractivity contribution is -0.142. The average molecular weight is 451 g/mol. The molecule has 0 aromatic heterocycles. The first-order valence-corrected chi connectivity index (χ1v) is 10.5. The van der Waals surface area contributed by atoms with Gasteiger partial charge in [0.15, 0.2) is 6.61 Å². The molecule has 5 nitrogen and oxygen atoms in total. The van der Waals surface area contributed by atoms with Crippen LogP contribution in [0.15, 0.2) is 42.5 Å². The first-order valence-electron chi connectivity index (χ1n) is 9.72. The molecule has 2 rings (SSSR count). The fourth-order valence-corrected chi connectivity index (χ4v) is 3.11. The van der Waals surface area contributed by atoms with E-state index in [0.29, 0.717) is 15.8 Å². The Bertz CT molecular complexity index is 910. The van der Waals surface area contributed by atoms with E-state index in [2.05, 4.69) is 5.32 Å². The van der Waals surface area contributed by atoms with Gasteiger partial charge in [-0.3, -0.25) is 9.59 Å². The molecule has 0 saturated carbocycles. The van der Waals surface area contributed by atoms with Crippen LogP contribution >= 0.6 is 23.2 Å². The maximum atomic E-state index is 13.0. The predicted molar refractivity (Wildman–Crippen MR) is 121 cm³/mol. The highest BCUT2D eigenvalue weighted by Gasteiger charge is 2.29. The van der Waals surface area contributed by atoms with Crippen LogP contribution in [0.2, 0.25) is 10.0 Å². The molecule has 1 N–H and O–H groups in total. The number of benzene rings is 2.